The van der Waals surface area contributed by atoms with Crippen LogP contribution in [0.15, 0.2) is 18.3 Å². The number of esters is 1. The fraction of sp³-hybridized carbons (Fsp3) is 0.500. The van der Waals surface area contributed by atoms with Gasteiger partial charge in [0.25, 0.3) is 0 Å². The Bertz CT molecular complexity index is 369. The molecule has 1 unspecified atom stereocenters. The number of ether oxygens (including phenoxy) is 2. The summed E-state index contributed by atoms with van der Waals surface area (Å²) in [6.07, 6.45) is 1.67. The number of hydrogen-bond acceptors (Lipinski definition) is 5. The van der Waals surface area contributed by atoms with Crippen molar-refractivity contribution in [1.82, 2.24) is 4.98 Å². The summed E-state index contributed by atoms with van der Waals surface area (Å²) in [6.45, 7) is 5.25. The third-order valence-electron chi connectivity index (χ3n) is 2.20. The Labute approximate surface area is 101 Å². The van der Waals surface area contributed by atoms with Crippen LogP contribution < -0.4 is 5.32 Å². The first-order chi connectivity index (χ1) is 8.17. The number of aromatic nitrogens is 1. The van der Waals surface area contributed by atoms with Gasteiger partial charge in [0.05, 0.1) is 18.8 Å². The summed E-state index contributed by atoms with van der Waals surface area (Å²) >= 11 is 0. The Morgan fingerprint density at radius 2 is 2.35 bits per heavy atom. The number of pyridine rings is 1. The summed E-state index contributed by atoms with van der Waals surface area (Å²) in [5.74, 6) is 0.271. The molecule has 0 spiro atoms. The molecule has 1 aromatic heterocycles. The fourth-order valence-electron chi connectivity index (χ4n) is 1.36. The van der Waals surface area contributed by atoms with Crippen LogP contribution in [0.25, 0.3) is 0 Å². The minimum absolute atomic E-state index is 0.101. The van der Waals surface area contributed by atoms with Gasteiger partial charge in [-0.1, -0.05) is 0 Å². The summed E-state index contributed by atoms with van der Waals surface area (Å²) in [5.41, 5.74) is 0.481. The van der Waals surface area contributed by atoms with E-state index in [9.17, 15) is 4.79 Å². The summed E-state index contributed by atoms with van der Waals surface area (Å²) < 4.78 is 10.0. The van der Waals surface area contributed by atoms with Gasteiger partial charge in [-0.15, -0.1) is 0 Å². The molecule has 0 aliphatic rings. The minimum Gasteiger partial charge on any atom is -0.465 e. The highest BCUT2D eigenvalue weighted by Crippen LogP contribution is 2.08. The first-order valence-corrected chi connectivity index (χ1v) is 5.57. The molecular weight excluding hydrogens is 220 g/mol. The molecule has 0 amide bonds. The predicted molar refractivity (Wildman–Crippen MR) is 65.2 cm³/mol. The van der Waals surface area contributed by atoms with Crippen molar-refractivity contribution in [3.8, 4) is 0 Å². The molecular formula is C12H18N2O3. The van der Waals surface area contributed by atoms with E-state index in [0.29, 0.717) is 24.5 Å². The van der Waals surface area contributed by atoms with Gasteiger partial charge in [0.1, 0.15) is 5.82 Å². The second-order valence-corrected chi connectivity index (χ2v) is 3.57. The van der Waals surface area contributed by atoms with E-state index in [1.165, 1.54) is 7.11 Å². The van der Waals surface area contributed by atoms with Crippen LogP contribution in [0.1, 0.15) is 24.2 Å². The number of carbonyl (C=O) groups is 1. The van der Waals surface area contributed by atoms with E-state index in [-0.39, 0.29) is 12.1 Å². The molecule has 0 aliphatic heterocycles. The number of hydrogen-bond donors (Lipinski definition) is 1. The molecule has 5 nitrogen and oxygen atoms in total. The van der Waals surface area contributed by atoms with Crippen molar-refractivity contribution in [3.63, 3.8) is 0 Å². The Balaban J connectivity index is 2.57. The molecule has 0 bridgehead atoms. The largest absolute Gasteiger partial charge is 0.465 e. The molecule has 1 atom stereocenters. The lowest BCUT2D eigenvalue weighted by Gasteiger charge is -2.13. The highest BCUT2D eigenvalue weighted by molar-refractivity contribution is 5.89. The Kier molecular flexibility index (Phi) is 5.42. The standard InChI is InChI=1S/C12H18N2O3/c1-4-17-9(2)8-14-11-7-10(5-6-13-11)12(15)16-3/h5-7,9H,4,8H2,1-3H3,(H,13,14). The maximum atomic E-state index is 11.3. The molecule has 0 aromatic carbocycles. The normalized spacial score (nSPS) is 11.9. The molecule has 0 aliphatic carbocycles. The average molecular weight is 238 g/mol. The van der Waals surface area contributed by atoms with E-state index in [1.807, 2.05) is 13.8 Å². The third kappa shape index (κ3) is 4.40. The zero-order valence-corrected chi connectivity index (χ0v) is 10.4. The minimum atomic E-state index is -0.367. The number of nitrogens with zero attached hydrogens (tertiary/aromatic N) is 1. The van der Waals surface area contributed by atoms with E-state index in [1.54, 1.807) is 18.3 Å². The van der Waals surface area contributed by atoms with E-state index in [4.69, 9.17) is 4.74 Å². The molecule has 0 saturated carbocycles. The smallest absolute Gasteiger partial charge is 0.338 e. The first kappa shape index (κ1) is 13.4. The second-order valence-electron chi connectivity index (χ2n) is 3.57. The van der Waals surface area contributed by atoms with Gasteiger partial charge in [0.15, 0.2) is 0 Å². The zero-order chi connectivity index (χ0) is 12.7. The molecule has 0 fully saturated rings. The van der Waals surface area contributed by atoms with Crippen LogP contribution in [-0.4, -0.2) is 37.3 Å². The lowest BCUT2D eigenvalue weighted by Crippen LogP contribution is -2.20. The Hall–Kier alpha value is -1.62. The summed E-state index contributed by atoms with van der Waals surface area (Å²) in [5, 5.41) is 3.10. The van der Waals surface area contributed by atoms with Gasteiger partial charge in [-0.3, -0.25) is 0 Å². The Morgan fingerprint density at radius 3 is 3.00 bits per heavy atom. The van der Waals surface area contributed by atoms with Gasteiger partial charge in [-0.05, 0) is 26.0 Å². The van der Waals surface area contributed by atoms with Crippen LogP contribution in [0.3, 0.4) is 0 Å². The number of carbonyl (C=O) groups excluding carboxylic acids is 1. The molecule has 1 rings (SSSR count). The molecule has 5 heteroatoms. The summed E-state index contributed by atoms with van der Waals surface area (Å²) in [4.78, 5) is 15.4. The van der Waals surface area contributed by atoms with Crippen LogP contribution >= 0.6 is 0 Å². The van der Waals surface area contributed by atoms with Crippen LogP contribution in [0.4, 0.5) is 5.82 Å². The summed E-state index contributed by atoms with van der Waals surface area (Å²) in [6, 6.07) is 3.27. The van der Waals surface area contributed by atoms with Crippen LogP contribution in [0, 0.1) is 0 Å². The van der Waals surface area contributed by atoms with Gasteiger partial charge < -0.3 is 14.8 Å². The van der Waals surface area contributed by atoms with Crippen molar-refractivity contribution in [3.05, 3.63) is 23.9 Å². The zero-order valence-electron chi connectivity index (χ0n) is 10.4. The molecule has 0 saturated heterocycles. The first-order valence-electron chi connectivity index (χ1n) is 5.57. The maximum Gasteiger partial charge on any atom is 0.338 e. The molecule has 1 N–H and O–H groups in total. The number of methoxy groups -OCH3 is 1. The summed E-state index contributed by atoms with van der Waals surface area (Å²) in [7, 11) is 1.35. The highest BCUT2D eigenvalue weighted by Gasteiger charge is 2.07. The SMILES string of the molecule is CCOC(C)CNc1cc(C(=O)OC)ccn1. The molecule has 0 radical (unpaired) electrons. The van der Waals surface area contributed by atoms with Crippen LogP contribution in [-0.2, 0) is 9.47 Å². The van der Waals surface area contributed by atoms with Gasteiger partial charge in [0, 0.05) is 19.3 Å². The number of rotatable bonds is 6. The van der Waals surface area contributed by atoms with Crippen molar-refractivity contribution >= 4 is 11.8 Å². The Morgan fingerprint density at radius 1 is 1.59 bits per heavy atom. The number of anilines is 1. The van der Waals surface area contributed by atoms with E-state index in [2.05, 4.69) is 15.0 Å². The van der Waals surface area contributed by atoms with E-state index in [0.717, 1.165) is 0 Å². The highest BCUT2D eigenvalue weighted by atomic mass is 16.5. The van der Waals surface area contributed by atoms with E-state index >= 15 is 0 Å². The van der Waals surface area contributed by atoms with Crippen molar-refractivity contribution in [2.75, 3.05) is 25.6 Å². The number of nitrogens with one attached hydrogen (secondary N) is 1. The quantitative estimate of drug-likeness (QED) is 0.764. The third-order valence-corrected chi connectivity index (χ3v) is 2.20. The maximum absolute atomic E-state index is 11.3. The topological polar surface area (TPSA) is 60.5 Å². The van der Waals surface area contributed by atoms with Crippen LogP contribution in [0.2, 0.25) is 0 Å². The molecule has 17 heavy (non-hydrogen) atoms. The monoisotopic (exact) mass is 238 g/mol. The van der Waals surface area contributed by atoms with Crippen LogP contribution in [0.5, 0.6) is 0 Å². The van der Waals surface area contributed by atoms with Crippen molar-refractivity contribution in [1.29, 1.82) is 0 Å². The average Bonchev–Trinajstić information content (AvgIpc) is 2.36. The fourth-order valence-corrected chi connectivity index (χ4v) is 1.36. The van der Waals surface area contributed by atoms with Gasteiger partial charge in [-0.25, -0.2) is 9.78 Å². The van der Waals surface area contributed by atoms with Gasteiger partial charge in [-0.2, -0.15) is 0 Å². The van der Waals surface area contributed by atoms with Crippen molar-refractivity contribution in [2.24, 2.45) is 0 Å². The lowest BCUT2D eigenvalue weighted by atomic mass is 10.2. The van der Waals surface area contributed by atoms with Gasteiger partial charge in [0.2, 0.25) is 0 Å². The second kappa shape index (κ2) is 6.85. The molecule has 94 valence electrons. The van der Waals surface area contributed by atoms with Crippen molar-refractivity contribution in [2.45, 2.75) is 20.0 Å². The lowest BCUT2D eigenvalue weighted by molar-refractivity contribution is 0.0600. The predicted octanol–water partition coefficient (Wildman–Crippen LogP) is 1.71. The van der Waals surface area contributed by atoms with E-state index < -0.39 is 0 Å². The molecule has 1 heterocycles. The van der Waals surface area contributed by atoms with Gasteiger partial charge >= 0.3 is 5.97 Å². The van der Waals surface area contributed by atoms with Crippen molar-refractivity contribution < 1.29 is 14.3 Å². The molecule has 1 aromatic rings.